The van der Waals surface area contributed by atoms with E-state index in [-0.39, 0.29) is 6.04 Å². The second kappa shape index (κ2) is 9.61. The number of methoxy groups -OCH3 is 1. The number of unbranched alkanes of at least 4 members (excludes halogenated alkanes) is 1. The Bertz CT molecular complexity index is 380. The number of benzene rings is 1. The smallest absolute Gasteiger partial charge is 0.122 e. The van der Waals surface area contributed by atoms with Crippen molar-refractivity contribution >= 4 is 0 Å². The molecule has 1 unspecified atom stereocenters. The highest BCUT2D eigenvalue weighted by molar-refractivity contribution is 5.40. The number of hydrogen-bond acceptors (Lipinski definition) is 4. The van der Waals surface area contributed by atoms with Crippen LogP contribution in [0.3, 0.4) is 0 Å². The molecule has 0 amide bonds. The van der Waals surface area contributed by atoms with Crippen LogP contribution in [0.25, 0.3) is 0 Å². The summed E-state index contributed by atoms with van der Waals surface area (Å²) in [7, 11) is 1.66. The molecule has 0 aliphatic rings. The molecule has 0 aromatic heterocycles. The van der Waals surface area contributed by atoms with Crippen molar-refractivity contribution in [3.8, 4) is 11.5 Å². The van der Waals surface area contributed by atoms with E-state index in [9.17, 15) is 0 Å². The van der Waals surface area contributed by atoms with Crippen molar-refractivity contribution in [2.45, 2.75) is 39.2 Å². The molecule has 114 valence electrons. The second-order valence-electron chi connectivity index (χ2n) is 4.97. The Labute approximate surface area is 122 Å². The highest BCUT2D eigenvalue weighted by Gasteiger charge is 2.08. The van der Waals surface area contributed by atoms with Gasteiger partial charge >= 0.3 is 0 Å². The summed E-state index contributed by atoms with van der Waals surface area (Å²) < 4.78 is 16.5. The Morgan fingerprint density at radius 1 is 1.20 bits per heavy atom. The Hall–Kier alpha value is -1.26. The molecule has 0 spiro atoms. The fourth-order valence-corrected chi connectivity index (χ4v) is 1.89. The van der Waals surface area contributed by atoms with Gasteiger partial charge in [-0.3, -0.25) is 0 Å². The largest absolute Gasteiger partial charge is 0.497 e. The predicted molar refractivity (Wildman–Crippen MR) is 81.6 cm³/mol. The maximum absolute atomic E-state index is 5.87. The molecule has 0 saturated heterocycles. The first-order chi connectivity index (χ1) is 9.67. The third kappa shape index (κ3) is 6.26. The molecule has 0 radical (unpaired) electrons. The Morgan fingerprint density at radius 2 is 2.00 bits per heavy atom. The van der Waals surface area contributed by atoms with Gasteiger partial charge in [-0.2, -0.15) is 0 Å². The zero-order valence-electron chi connectivity index (χ0n) is 12.9. The van der Waals surface area contributed by atoms with E-state index >= 15 is 0 Å². The summed E-state index contributed by atoms with van der Waals surface area (Å²) in [6.07, 6.45) is 3.01. The highest BCUT2D eigenvalue weighted by atomic mass is 16.5. The average molecular weight is 281 g/mol. The van der Waals surface area contributed by atoms with Crippen molar-refractivity contribution < 1.29 is 14.2 Å². The van der Waals surface area contributed by atoms with Gasteiger partial charge in [-0.05, 0) is 43.5 Å². The van der Waals surface area contributed by atoms with Gasteiger partial charge in [-0.25, -0.2) is 0 Å². The van der Waals surface area contributed by atoms with Gasteiger partial charge in [-0.15, -0.1) is 0 Å². The van der Waals surface area contributed by atoms with Gasteiger partial charge < -0.3 is 19.9 Å². The van der Waals surface area contributed by atoms with Crippen LogP contribution in [-0.2, 0) is 11.2 Å². The van der Waals surface area contributed by atoms with Crippen LogP contribution in [0.2, 0.25) is 0 Å². The molecule has 0 fully saturated rings. The Kier molecular flexibility index (Phi) is 8.07. The lowest BCUT2D eigenvalue weighted by atomic mass is 10.1. The average Bonchev–Trinajstić information content (AvgIpc) is 2.43. The first kappa shape index (κ1) is 16.8. The van der Waals surface area contributed by atoms with E-state index in [4.69, 9.17) is 19.9 Å². The molecule has 1 aromatic rings. The van der Waals surface area contributed by atoms with E-state index in [1.54, 1.807) is 7.11 Å². The quantitative estimate of drug-likeness (QED) is 0.670. The van der Waals surface area contributed by atoms with Crippen LogP contribution in [0.15, 0.2) is 18.2 Å². The third-order valence-corrected chi connectivity index (χ3v) is 2.94. The van der Waals surface area contributed by atoms with Crippen LogP contribution in [0.5, 0.6) is 11.5 Å². The lowest BCUT2D eigenvalue weighted by molar-refractivity contribution is 0.0977. The molecule has 0 aliphatic heterocycles. The molecular formula is C16H27NO3. The van der Waals surface area contributed by atoms with Crippen LogP contribution in [0.4, 0.5) is 0 Å². The van der Waals surface area contributed by atoms with Crippen molar-refractivity contribution in [1.82, 2.24) is 0 Å². The van der Waals surface area contributed by atoms with E-state index in [1.165, 1.54) is 0 Å². The summed E-state index contributed by atoms with van der Waals surface area (Å²) in [5.41, 5.74) is 6.95. The minimum Gasteiger partial charge on any atom is -0.497 e. The summed E-state index contributed by atoms with van der Waals surface area (Å²) >= 11 is 0. The molecule has 0 bridgehead atoms. The van der Waals surface area contributed by atoms with Crippen LogP contribution < -0.4 is 15.2 Å². The maximum atomic E-state index is 5.87. The van der Waals surface area contributed by atoms with E-state index in [0.29, 0.717) is 13.2 Å². The number of hydrogen-bond donors (Lipinski definition) is 1. The van der Waals surface area contributed by atoms with Crippen molar-refractivity contribution in [2.24, 2.45) is 5.73 Å². The molecule has 4 nitrogen and oxygen atoms in total. The van der Waals surface area contributed by atoms with Gasteiger partial charge in [0.15, 0.2) is 0 Å². The van der Waals surface area contributed by atoms with E-state index in [1.807, 2.05) is 25.1 Å². The normalized spacial score (nSPS) is 12.2. The number of nitrogens with two attached hydrogens (primary N) is 1. The van der Waals surface area contributed by atoms with Gasteiger partial charge in [0.05, 0.1) is 13.7 Å². The van der Waals surface area contributed by atoms with Gasteiger partial charge in [-0.1, -0.05) is 13.3 Å². The highest BCUT2D eigenvalue weighted by Crippen LogP contribution is 2.25. The molecule has 4 heteroatoms. The molecule has 1 atom stereocenters. The third-order valence-electron chi connectivity index (χ3n) is 2.94. The zero-order valence-corrected chi connectivity index (χ0v) is 12.9. The van der Waals surface area contributed by atoms with Gasteiger partial charge in [0.2, 0.25) is 0 Å². The van der Waals surface area contributed by atoms with E-state index in [2.05, 4.69) is 6.92 Å². The Balaban J connectivity index is 2.50. The molecule has 20 heavy (non-hydrogen) atoms. The van der Waals surface area contributed by atoms with Crippen LogP contribution in [0, 0.1) is 0 Å². The fraction of sp³-hybridized carbons (Fsp3) is 0.625. The number of ether oxygens (including phenoxy) is 3. The molecule has 0 aliphatic carbocycles. The second-order valence-corrected chi connectivity index (χ2v) is 4.97. The molecule has 0 heterocycles. The van der Waals surface area contributed by atoms with Crippen molar-refractivity contribution in [1.29, 1.82) is 0 Å². The summed E-state index contributed by atoms with van der Waals surface area (Å²) in [4.78, 5) is 0. The fourth-order valence-electron chi connectivity index (χ4n) is 1.89. The maximum Gasteiger partial charge on any atom is 0.122 e. The predicted octanol–water partition coefficient (Wildman–Crippen LogP) is 2.78. The lowest BCUT2D eigenvalue weighted by Gasteiger charge is -2.14. The minimum absolute atomic E-state index is 0.0882. The van der Waals surface area contributed by atoms with Crippen molar-refractivity contribution in [3.63, 3.8) is 0 Å². The van der Waals surface area contributed by atoms with Gasteiger partial charge in [0.1, 0.15) is 18.1 Å². The van der Waals surface area contributed by atoms with Crippen molar-refractivity contribution in [3.05, 3.63) is 23.8 Å². The minimum atomic E-state index is 0.0882. The van der Waals surface area contributed by atoms with Crippen molar-refractivity contribution in [2.75, 3.05) is 26.9 Å². The number of rotatable bonds is 10. The molecular weight excluding hydrogens is 254 g/mol. The zero-order chi connectivity index (χ0) is 14.8. The topological polar surface area (TPSA) is 53.7 Å². The summed E-state index contributed by atoms with van der Waals surface area (Å²) in [6.45, 7) is 6.11. The van der Waals surface area contributed by atoms with E-state index < -0.39 is 0 Å². The van der Waals surface area contributed by atoms with Gasteiger partial charge in [0, 0.05) is 12.6 Å². The molecule has 1 rings (SSSR count). The summed E-state index contributed by atoms with van der Waals surface area (Å²) in [6, 6.07) is 5.90. The SMILES string of the molecule is CCCCOCCOc1ccc(OC)cc1CC(C)N. The summed E-state index contributed by atoms with van der Waals surface area (Å²) in [5, 5.41) is 0. The molecule has 0 saturated carbocycles. The molecule has 1 aromatic carbocycles. The lowest BCUT2D eigenvalue weighted by Crippen LogP contribution is -2.18. The summed E-state index contributed by atoms with van der Waals surface area (Å²) in [5.74, 6) is 1.69. The van der Waals surface area contributed by atoms with Crippen LogP contribution in [0.1, 0.15) is 32.3 Å². The molecule has 2 N–H and O–H groups in total. The Morgan fingerprint density at radius 3 is 2.65 bits per heavy atom. The standard InChI is InChI=1S/C16H27NO3/c1-4-5-8-19-9-10-20-16-7-6-15(18-3)12-14(16)11-13(2)17/h6-7,12-13H,4-5,8-11,17H2,1-3H3. The van der Waals surface area contributed by atoms with Crippen LogP contribution >= 0.6 is 0 Å². The first-order valence-electron chi connectivity index (χ1n) is 7.30. The first-order valence-corrected chi connectivity index (χ1v) is 7.30. The monoisotopic (exact) mass is 281 g/mol. The van der Waals surface area contributed by atoms with E-state index in [0.717, 1.165) is 42.9 Å². The van der Waals surface area contributed by atoms with Crippen LogP contribution in [-0.4, -0.2) is 33.0 Å². The van der Waals surface area contributed by atoms with Gasteiger partial charge in [0.25, 0.3) is 0 Å².